The van der Waals surface area contributed by atoms with Crippen molar-refractivity contribution in [1.29, 1.82) is 0 Å². The second-order valence-electron chi connectivity index (χ2n) is 5.65. The van der Waals surface area contributed by atoms with E-state index in [1.807, 2.05) is 0 Å². The second-order valence-corrected chi connectivity index (χ2v) is 5.65. The molecule has 1 atom stereocenters. The fourth-order valence-electron chi connectivity index (χ4n) is 3.17. The van der Waals surface area contributed by atoms with Gasteiger partial charge in [-0.2, -0.15) is 0 Å². The van der Waals surface area contributed by atoms with E-state index in [9.17, 15) is 0 Å². The smallest absolute Gasteiger partial charge is 0.0732 e. The molecule has 0 aromatic rings. The third-order valence-electron chi connectivity index (χ3n) is 4.23. The molecule has 4 aliphatic carbocycles. The summed E-state index contributed by atoms with van der Waals surface area (Å²) in [7, 11) is 0. The average molecular weight is 257 g/mol. The summed E-state index contributed by atoms with van der Waals surface area (Å²) in [4.78, 5) is 0. The number of hydrogen-bond acceptors (Lipinski definition) is 0. The monoisotopic (exact) mass is 257 g/mol. The first-order valence-corrected chi connectivity index (χ1v) is 7.30. The summed E-state index contributed by atoms with van der Waals surface area (Å²) >= 11 is 0. The van der Waals surface area contributed by atoms with Gasteiger partial charge in [0, 0.05) is 48.3 Å². The van der Waals surface area contributed by atoms with Crippen molar-refractivity contribution in [3.8, 4) is 0 Å². The highest BCUT2D eigenvalue weighted by Crippen LogP contribution is 2.34. The topological polar surface area (TPSA) is 0 Å². The zero-order chi connectivity index (χ0) is 13.4. The SMILES string of the molecule is C1=C[CH+]C2=CC(CCC3=CC4C=CC=CC4=C3)=CC2=C1. The van der Waals surface area contributed by atoms with E-state index >= 15 is 0 Å². The van der Waals surface area contributed by atoms with E-state index in [1.165, 1.54) is 27.9 Å². The second kappa shape index (κ2) is 4.72. The fourth-order valence-corrected chi connectivity index (χ4v) is 3.17. The van der Waals surface area contributed by atoms with Crippen LogP contribution in [0, 0.1) is 12.3 Å². The van der Waals surface area contributed by atoms with Gasteiger partial charge in [0.05, 0.1) is 5.57 Å². The molecule has 0 radical (unpaired) electrons. The lowest BCUT2D eigenvalue weighted by atomic mass is 9.98. The number of fused-ring (bicyclic) bond motifs is 2. The summed E-state index contributed by atoms with van der Waals surface area (Å²) in [6.45, 7) is 0. The van der Waals surface area contributed by atoms with Gasteiger partial charge in [0.15, 0.2) is 0 Å². The predicted octanol–water partition coefficient (Wildman–Crippen LogP) is 4.94. The minimum atomic E-state index is 0.522. The highest BCUT2D eigenvalue weighted by Gasteiger charge is 2.21. The molecule has 4 rings (SSSR count). The molecular weight excluding hydrogens is 240 g/mol. The van der Waals surface area contributed by atoms with Crippen molar-refractivity contribution < 1.29 is 0 Å². The lowest BCUT2D eigenvalue weighted by Gasteiger charge is -2.06. The minimum absolute atomic E-state index is 0.522. The highest BCUT2D eigenvalue weighted by atomic mass is 14.2. The molecule has 0 aromatic carbocycles. The van der Waals surface area contributed by atoms with Crippen molar-refractivity contribution in [3.63, 3.8) is 0 Å². The average Bonchev–Trinajstić information content (AvgIpc) is 3.07. The molecule has 0 fully saturated rings. The van der Waals surface area contributed by atoms with Crippen LogP contribution in [0.15, 0.2) is 94.7 Å². The van der Waals surface area contributed by atoms with E-state index in [2.05, 4.69) is 73.3 Å². The van der Waals surface area contributed by atoms with Crippen LogP contribution in [-0.4, -0.2) is 0 Å². The van der Waals surface area contributed by atoms with E-state index in [0.29, 0.717) is 5.92 Å². The summed E-state index contributed by atoms with van der Waals surface area (Å²) in [6.07, 6.45) is 29.1. The Morgan fingerprint density at radius 2 is 1.90 bits per heavy atom. The molecule has 0 saturated heterocycles. The van der Waals surface area contributed by atoms with Gasteiger partial charge in [-0.05, 0) is 18.4 Å². The van der Waals surface area contributed by atoms with Gasteiger partial charge in [-0.3, -0.25) is 0 Å². The third-order valence-corrected chi connectivity index (χ3v) is 4.23. The highest BCUT2D eigenvalue weighted by molar-refractivity contribution is 5.61. The van der Waals surface area contributed by atoms with Crippen molar-refractivity contribution in [1.82, 2.24) is 0 Å². The van der Waals surface area contributed by atoms with Gasteiger partial charge >= 0.3 is 0 Å². The molecule has 96 valence electrons. The van der Waals surface area contributed by atoms with Crippen LogP contribution in [-0.2, 0) is 0 Å². The first-order valence-electron chi connectivity index (χ1n) is 7.30. The zero-order valence-electron chi connectivity index (χ0n) is 11.4. The fraction of sp³-hybridized carbons (Fsp3) is 0.150. The molecule has 0 nitrogen and oxygen atoms in total. The quantitative estimate of drug-likeness (QED) is 0.628. The van der Waals surface area contributed by atoms with E-state index in [1.54, 1.807) is 0 Å². The molecule has 0 heteroatoms. The van der Waals surface area contributed by atoms with Gasteiger partial charge in [0.1, 0.15) is 5.57 Å². The Bertz CT molecular complexity index is 682. The first-order chi connectivity index (χ1) is 9.88. The van der Waals surface area contributed by atoms with Crippen molar-refractivity contribution >= 4 is 0 Å². The number of hydrogen-bond donors (Lipinski definition) is 0. The lowest BCUT2D eigenvalue weighted by Crippen LogP contribution is -1.92. The van der Waals surface area contributed by atoms with E-state index < -0.39 is 0 Å². The molecule has 0 saturated carbocycles. The maximum absolute atomic E-state index is 2.40. The molecule has 20 heavy (non-hydrogen) atoms. The third kappa shape index (κ3) is 2.08. The van der Waals surface area contributed by atoms with Crippen LogP contribution in [0.1, 0.15) is 12.8 Å². The summed E-state index contributed by atoms with van der Waals surface area (Å²) < 4.78 is 0. The maximum atomic E-state index is 2.40. The van der Waals surface area contributed by atoms with Gasteiger partial charge in [-0.1, -0.05) is 42.0 Å². The molecule has 0 bridgehead atoms. The Hall–Kier alpha value is -2.21. The van der Waals surface area contributed by atoms with Crippen LogP contribution in [0.25, 0.3) is 0 Å². The number of rotatable bonds is 3. The Morgan fingerprint density at radius 3 is 2.80 bits per heavy atom. The Morgan fingerprint density at radius 1 is 0.950 bits per heavy atom. The molecule has 0 aromatic heterocycles. The van der Waals surface area contributed by atoms with Crippen LogP contribution in [0.2, 0.25) is 0 Å². The minimum Gasteiger partial charge on any atom is -0.0732 e. The largest absolute Gasteiger partial charge is 0.104 e. The maximum Gasteiger partial charge on any atom is 0.104 e. The van der Waals surface area contributed by atoms with E-state index in [-0.39, 0.29) is 0 Å². The van der Waals surface area contributed by atoms with Gasteiger partial charge in [0.25, 0.3) is 0 Å². The van der Waals surface area contributed by atoms with Crippen molar-refractivity contribution in [2.24, 2.45) is 5.92 Å². The molecular formula is C20H17+. The molecule has 4 aliphatic rings. The van der Waals surface area contributed by atoms with Crippen LogP contribution in [0.5, 0.6) is 0 Å². The van der Waals surface area contributed by atoms with Crippen LogP contribution < -0.4 is 0 Å². The predicted molar refractivity (Wildman–Crippen MR) is 84.9 cm³/mol. The van der Waals surface area contributed by atoms with Crippen molar-refractivity contribution in [2.75, 3.05) is 0 Å². The standard InChI is InChI=1S/C20H17/c1-2-6-18-12-15(11-17(18)5-1)9-10-16-13-19-7-3-4-8-20(19)14-16/h1-8,11-14,17H,9-10H2/q+1. The molecule has 0 spiro atoms. The van der Waals surface area contributed by atoms with E-state index in [4.69, 9.17) is 0 Å². The van der Waals surface area contributed by atoms with Crippen LogP contribution in [0.3, 0.4) is 0 Å². The molecule has 0 heterocycles. The summed E-state index contributed by atoms with van der Waals surface area (Å²) in [5, 5.41) is 0. The van der Waals surface area contributed by atoms with Gasteiger partial charge in [0.2, 0.25) is 0 Å². The van der Waals surface area contributed by atoms with Crippen molar-refractivity contribution in [2.45, 2.75) is 12.8 Å². The normalized spacial score (nSPS) is 25.2. The molecule has 1 unspecified atom stereocenters. The zero-order valence-corrected chi connectivity index (χ0v) is 11.4. The summed E-state index contributed by atoms with van der Waals surface area (Å²) in [5.74, 6) is 0.522. The lowest BCUT2D eigenvalue weighted by molar-refractivity contribution is 0.961. The van der Waals surface area contributed by atoms with Gasteiger partial charge in [-0.25, -0.2) is 0 Å². The van der Waals surface area contributed by atoms with Crippen LogP contribution in [0.4, 0.5) is 0 Å². The van der Waals surface area contributed by atoms with Crippen molar-refractivity contribution in [3.05, 3.63) is 101 Å². The molecule has 0 aliphatic heterocycles. The molecule has 0 N–H and O–H groups in total. The molecule has 0 amide bonds. The van der Waals surface area contributed by atoms with Gasteiger partial charge in [-0.15, -0.1) is 0 Å². The number of allylic oxidation sites excluding steroid dienone is 16. The summed E-state index contributed by atoms with van der Waals surface area (Å²) in [5.41, 5.74) is 7.09. The first kappa shape index (κ1) is 11.6. The van der Waals surface area contributed by atoms with Crippen LogP contribution >= 0.6 is 0 Å². The van der Waals surface area contributed by atoms with Gasteiger partial charge < -0.3 is 0 Å². The summed E-state index contributed by atoms with van der Waals surface area (Å²) in [6, 6.07) is 0. The van der Waals surface area contributed by atoms with E-state index in [0.717, 1.165) is 12.8 Å². The Kier molecular flexibility index (Phi) is 2.74. The Labute approximate surface area is 120 Å². The Balaban J connectivity index is 1.43.